The zero-order valence-electron chi connectivity index (χ0n) is 12.5. The lowest BCUT2D eigenvalue weighted by Gasteiger charge is -2.02. The molecule has 0 aliphatic heterocycles. The minimum Gasteiger partial charge on any atom is -0.425 e. The molecule has 0 spiro atoms. The predicted molar refractivity (Wildman–Crippen MR) is 87.7 cm³/mol. The molecule has 118 valence electrons. The fourth-order valence-corrected chi connectivity index (χ4v) is 2.48. The number of nitrogens with zero attached hydrogens (tertiary/aromatic N) is 1. The fraction of sp³-hybridized carbons (Fsp3) is 0.0556. The quantitative estimate of drug-likeness (QED) is 0.627. The number of furan rings is 1. The number of fused-ring (bicyclic) bond motifs is 2. The summed E-state index contributed by atoms with van der Waals surface area (Å²) in [6.45, 7) is 0.335. The molecule has 4 aromatic rings. The number of carbonyl (C=O) groups is 1. The van der Waals surface area contributed by atoms with E-state index in [0.29, 0.717) is 17.5 Å². The van der Waals surface area contributed by atoms with E-state index in [0.717, 1.165) is 5.56 Å². The third-order valence-corrected chi connectivity index (χ3v) is 3.70. The van der Waals surface area contributed by atoms with Crippen LogP contribution < -0.4 is 10.7 Å². The second-order valence-corrected chi connectivity index (χ2v) is 5.28. The van der Waals surface area contributed by atoms with Gasteiger partial charge in [0.05, 0.1) is 5.39 Å². The number of amides is 1. The van der Waals surface area contributed by atoms with Gasteiger partial charge in [0.15, 0.2) is 5.76 Å². The second-order valence-electron chi connectivity index (χ2n) is 5.28. The number of pyridine rings is 1. The Morgan fingerprint density at radius 3 is 2.67 bits per heavy atom. The first-order valence-corrected chi connectivity index (χ1v) is 7.35. The number of hydrogen-bond donors (Lipinski definition) is 1. The Balaban J connectivity index is 1.67. The third-order valence-electron chi connectivity index (χ3n) is 3.70. The fourth-order valence-electron chi connectivity index (χ4n) is 2.48. The van der Waals surface area contributed by atoms with E-state index in [2.05, 4.69) is 10.3 Å². The van der Waals surface area contributed by atoms with Crippen LogP contribution in [0.4, 0.5) is 0 Å². The third kappa shape index (κ3) is 2.44. The summed E-state index contributed by atoms with van der Waals surface area (Å²) in [6, 6.07) is 11.9. The first kappa shape index (κ1) is 14.2. The summed E-state index contributed by atoms with van der Waals surface area (Å²) in [7, 11) is 0. The molecule has 0 radical (unpaired) electrons. The van der Waals surface area contributed by atoms with Crippen LogP contribution in [0.2, 0.25) is 0 Å². The van der Waals surface area contributed by atoms with Crippen molar-refractivity contribution in [3.63, 3.8) is 0 Å². The molecule has 0 unspecified atom stereocenters. The van der Waals surface area contributed by atoms with Crippen LogP contribution in [0.1, 0.15) is 16.1 Å². The molecule has 4 rings (SSSR count). The SMILES string of the molecule is O=C(NCc1ccncc1)c1cc2c(=O)c3ccccc3oc2o1. The van der Waals surface area contributed by atoms with E-state index in [1.807, 2.05) is 0 Å². The molecule has 0 saturated heterocycles. The molecule has 24 heavy (non-hydrogen) atoms. The Morgan fingerprint density at radius 2 is 1.83 bits per heavy atom. The highest BCUT2D eigenvalue weighted by molar-refractivity contribution is 5.97. The molecule has 1 aromatic carbocycles. The van der Waals surface area contributed by atoms with E-state index in [4.69, 9.17) is 8.83 Å². The van der Waals surface area contributed by atoms with Crippen molar-refractivity contribution in [1.29, 1.82) is 0 Å². The maximum absolute atomic E-state index is 12.4. The van der Waals surface area contributed by atoms with Gasteiger partial charge < -0.3 is 14.2 Å². The van der Waals surface area contributed by atoms with Gasteiger partial charge in [-0.15, -0.1) is 0 Å². The van der Waals surface area contributed by atoms with Crippen LogP contribution in [0.5, 0.6) is 0 Å². The summed E-state index contributed by atoms with van der Waals surface area (Å²) in [5, 5.41) is 3.44. The molecule has 1 N–H and O–H groups in total. The van der Waals surface area contributed by atoms with Crippen LogP contribution in [-0.2, 0) is 6.54 Å². The maximum Gasteiger partial charge on any atom is 0.302 e. The molecule has 3 heterocycles. The summed E-state index contributed by atoms with van der Waals surface area (Å²) in [4.78, 5) is 28.6. The Kier molecular flexibility index (Phi) is 3.35. The monoisotopic (exact) mass is 320 g/mol. The molecule has 6 heteroatoms. The van der Waals surface area contributed by atoms with Crippen molar-refractivity contribution >= 4 is 28.0 Å². The average Bonchev–Trinajstić information content (AvgIpc) is 3.05. The Hall–Kier alpha value is -3.41. The van der Waals surface area contributed by atoms with E-state index < -0.39 is 5.91 Å². The van der Waals surface area contributed by atoms with E-state index >= 15 is 0 Å². The van der Waals surface area contributed by atoms with Crippen LogP contribution in [0.25, 0.3) is 22.1 Å². The van der Waals surface area contributed by atoms with Gasteiger partial charge >= 0.3 is 5.78 Å². The van der Waals surface area contributed by atoms with Gasteiger partial charge in [0, 0.05) is 25.0 Å². The first-order valence-electron chi connectivity index (χ1n) is 7.35. The van der Waals surface area contributed by atoms with E-state index in [-0.39, 0.29) is 22.4 Å². The summed E-state index contributed by atoms with van der Waals surface area (Å²) in [5.74, 6) is -0.329. The van der Waals surface area contributed by atoms with Gasteiger partial charge in [0.2, 0.25) is 5.43 Å². The molecule has 0 aliphatic rings. The summed E-state index contributed by atoms with van der Waals surface area (Å²) < 4.78 is 11.0. The van der Waals surface area contributed by atoms with Crippen molar-refractivity contribution in [2.75, 3.05) is 0 Å². The largest absolute Gasteiger partial charge is 0.425 e. The lowest BCUT2D eigenvalue weighted by Crippen LogP contribution is -2.22. The number of nitrogens with one attached hydrogen (secondary N) is 1. The number of benzene rings is 1. The second kappa shape index (κ2) is 5.66. The summed E-state index contributed by atoms with van der Waals surface area (Å²) in [5.41, 5.74) is 1.12. The lowest BCUT2D eigenvalue weighted by molar-refractivity contribution is 0.0923. The predicted octanol–water partition coefficient (Wildman–Crippen LogP) is 2.86. The average molecular weight is 320 g/mol. The Morgan fingerprint density at radius 1 is 1.04 bits per heavy atom. The molecule has 0 saturated carbocycles. The molecule has 6 nitrogen and oxygen atoms in total. The molecule has 0 fully saturated rings. The summed E-state index contributed by atoms with van der Waals surface area (Å²) in [6.07, 6.45) is 3.30. The number of hydrogen-bond acceptors (Lipinski definition) is 5. The van der Waals surface area contributed by atoms with Crippen molar-refractivity contribution in [3.05, 3.63) is 76.4 Å². The van der Waals surface area contributed by atoms with Crippen LogP contribution in [-0.4, -0.2) is 10.9 Å². The number of aromatic nitrogens is 1. The van der Waals surface area contributed by atoms with E-state index in [1.54, 1.807) is 48.8 Å². The highest BCUT2D eigenvalue weighted by Crippen LogP contribution is 2.21. The van der Waals surface area contributed by atoms with Crippen LogP contribution in [0, 0.1) is 0 Å². The van der Waals surface area contributed by atoms with Crippen LogP contribution >= 0.6 is 0 Å². The number of rotatable bonds is 3. The summed E-state index contributed by atoms with van der Waals surface area (Å²) >= 11 is 0. The van der Waals surface area contributed by atoms with Gasteiger partial charge in [-0.3, -0.25) is 14.6 Å². The topological polar surface area (TPSA) is 85.3 Å². The zero-order valence-corrected chi connectivity index (χ0v) is 12.5. The maximum atomic E-state index is 12.4. The highest BCUT2D eigenvalue weighted by Gasteiger charge is 2.17. The zero-order chi connectivity index (χ0) is 16.5. The molecule has 0 bridgehead atoms. The van der Waals surface area contributed by atoms with Crippen molar-refractivity contribution < 1.29 is 13.6 Å². The standard InChI is InChI=1S/C18H12N2O4/c21-16-12-3-1-2-4-14(12)23-18-13(16)9-15(24-18)17(22)20-10-11-5-7-19-8-6-11/h1-9H,10H2,(H,20,22). The van der Waals surface area contributed by atoms with E-state index in [9.17, 15) is 9.59 Å². The first-order chi connectivity index (χ1) is 11.7. The molecule has 0 aliphatic carbocycles. The van der Waals surface area contributed by atoms with Gasteiger partial charge in [0.25, 0.3) is 5.91 Å². The van der Waals surface area contributed by atoms with Crippen molar-refractivity contribution in [1.82, 2.24) is 10.3 Å². The molecule has 1 amide bonds. The van der Waals surface area contributed by atoms with Gasteiger partial charge in [-0.1, -0.05) is 12.1 Å². The Bertz CT molecular complexity index is 1100. The molecule has 0 atom stereocenters. The molecule has 3 aromatic heterocycles. The smallest absolute Gasteiger partial charge is 0.302 e. The van der Waals surface area contributed by atoms with Gasteiger partial charge in [-0.2, -0.15) is 0 Å². The van der Waals surface area contributed by atoms with Gasteiger partial charge in [-0.25, -0.2) is 0 Å². The van der Waals surface area contributed by atoms with Crippen molar-refractivity contribution in [2.24, 2.45) is 0 Å². The molecular formula is C18H12N2O4. The van der Waals surface area contributed by atoms with Crippen molar-refractivity contribution in [3.8, 4) is 0 Å². The minimum atomic E-state index is -0.415. The highest BCUT2D eigenvalue weighted by atomic mass is 16.5. The van der Waals surface area contributed by atoms with E-state index in [1.165, 1.54) is 6.07 Å². The Labute approximate surface area is 135 Å². The van der Waals surface area contributed by atoms with Crippen molar-refractivity contribution in [2.45, 2.75) is 6.54 Å². The number of para-hydroxylation sites is 1. The minimum absolute atomic E-state index is 0.0372. The van der Waals surface area contributed by atoms with Crippen LogP contribution in [0.15, 0.2) is 68.5 Å². The van der Waals surface area contributed by atoms with Gasteiger partial charge in [-0.05, 0) is 29.8 Å². The molecular weight excluding hydrogens is 308 g/mol. The lowest BCUT2D eigenvalue weighted by atomic mass is 10.2. The number of carbonyl (C=O) groups excluding carboxylic acids is 1. The normalized spacial score (nSPS) is 11.0. The van der Waals surface area contributed by atoms with Gasteiger partial charge in [0.1, 0.15) is 11.0 Å². The van der Waals surface area contributed by atoms with Crippen LogP contribution in [0.3, 0.4) is 0 Å².